The van der Waals surface area contributed by atoms with Crippen LogP contribution in [0.2, 0.25) is 0 Å². The third-order valence-corrected chi connectivity index (χ3v) is 4.74. The molecule has 132 valence electrons. The summed E-state index contributed by atoms with van der Waals surface area (Å²) in [5.41, 5.74) is 2.14. The Morgan fingerprint density at radius 2 is 2.04 bits per heavy atom. The first-order chi connectivity index (χ1) is 11.6. The number of carbonyl (C=O) groups is 1. The fourth-order valence-corrected chi connectivity index (χ4v) is 3.51. The number of nitrogens with zero attached hydrogens (tertiary/aromatic N) is 4. The van der Waals surface area contributed by atoms with E-state index in [0.717, 1.165) is 43.1 Å². The Kier molecular flexibility index (Phi) is 5.30. The van der Waals surface area contributed by atoms with Gasteiger partial charge in [0.05, 0.1) is 18.9 Å². The van der Waals surface area contributed by atoms with Crippen LogP contribution in [0, 0.1) is 5.92 Å². The fraction of sp³-hybridized carbons (Fsp3) is 0.706. The molecule has 24 heavy (non-hydrogen) atoms. The zero-order valence-corrected chi connectivity index (χ0v) is 14.4. The van der Waals surface area contributed by atoms with Crippen molar-refractivity contribution in [2.45, 2.75) is 39.3 Å². The van der Waals surface area contributed by atoms with Crippen LogP contribution in [-0.2, 0) is 22.5 Å². The van der Waals surface area contributed by atoms with Crippen LogP contribution in [0.25, 0.3) is 0 Å². The van der Waals surface area contributed by atoms with Crippen molar-refractivity contribution in [1.82, 2.24) is 14.9 Å². The lowest BCUT2D eigenvalue weighted by atomic mass is 9.98. The highest BCUT2D eigenvalue weighted by Crippen LogP contribution is 2.28. The molecule has 1 unspecified atom stereocenters. The zero-order chi connectivity index (χ0) is 17.1. The highest BCUT2D eigenvalue weighted by atomic mass is 16.5. The Morgan fingerprint density at radius 3 is 2.71 bits per heavy atom. The van der Waals surface area contributed by atoms with Gasteiger partial charge in [0, 0.05) is 38.2 Å². The Balaban J connectivity index is 1.84. The first kappa shape index (κ1) is 17.1. The van der Waals surface area contributed by atoms with Gasteiger partial charge in [-0.1, -0.05) is 13.8 Å². The predicted octanol–water partition coefficient (Wildman–Crippen LogP) is 1.17. The van der Waals surface area contributed by atoms with E-state index in [-0.39, 0.29) is 0 Å². The Morgan fingerprint density at radius 1 is 1.29 bits per heavy atom. The summed E-state index contributed by atoms with van der Waals surface area (Å²) in [5, 5.41) is 9.64. The van der Waals surface area contributed by atoms with E-state index in [9.17, 15) is 9.90 Å². The predicted molar refractivity (Wildman–Crippen MR) is 90.1 cm³/mol. The van der Waals surface area contributed by atoms with Crippen molar-refractivity contribution in [3.05, 3.63) is 17.6 Å². The summed E-state index contributed by atoms with van der Waals surface area (Å²) in [5.74, 6) is 0.553. The zero-order valence-electron chi connectivity index (χ0n) is 14.4. The van der Waals surface area contributed by atoms with E-state index in [1.807, 2.05) is 0 Å². The summed E-state index contributed by atoms with van der Waals surface area (Å²) in [6.45, 7) is 8.51. The molecule has 1 N–H and O–H groups in total. The molecule has 0 spiro atoms. The van der Waals surface area contributed by atoms with Crippen LogP contribution >= 0.6 is 0 Å². The first-order valence-corrected chi connectivity index (χ1v) is 8.68. The topological polar surface area (TPSA) is 78.8 Å². The summed E-state index contributed by atoms with van der Waals surface area (Å²) in [6, 6.07) is -0.448. The van der Waals surface area contributed by atoms with Gasteiger partial charge in [0.1, 0.15) is 18.2 Å². The maximum Gasteiger partial charge on any atom is 0.320 e. The van der Waals surface area contributed by atoms with Crippen LogP contribution in [0.4, 0.5) is 5.82 Å². The molecule has 1 aromatic rings. The number of aromatic nitrogens is 2. The molecule has 7 nitrogen and oxygen atoms in total. The number of fused-ring (bicyclic) bond motifs is 1. The van der Waals surface area contributed by atoms with Gasteiger partial charge in [-0.05, 0) is 12.3 Å². The van der Waals surface area contributed by atoms with Crippen LogP contribution < -0.4 is 4.90 Å². The van der Waals surface area contributed by atoms with Gasteiger partial charge in [0.15, 0.2) is 0 Å². The number of carboxylic acids is 1. The molecule has 1 aromatic heterocycles. The second-order valence-corrected chi connectivity index (χ2v) is 6.93. The van der Waals surface area contributed by atoms with Crippen LogP contribution in [0.15, 0.2) is 6.33 Å². The molecule has 3 heterocycles. The third kappa shape index (κ3) is 3.67. The maximum absolute atomic E-state index is 11.7. The number of rotatable bonds is 5. The standard InChI is InChI=1S/C17H26N4O3/c1-12(2)9-15(17(22)23)21-4-3-14-13(10-21)16(19-11-18-14)20-5-7-24-8-6-20/h11-12,15H,3-10H2,1-2H3,(H,22,23). The van der Waals surface area contributed by atoms with E-state index in [0.29, 0.717) is 32.1 Å². The van der Waals surface area contributed by atoms with E-state index in [2.05, 4.69) is 33.6 Å². The lowest BCUT2D eigenvalue weighted by Gasteiger charge is -2.36. The van der Waals surface area contributed by atoms with Gasteiger partial charge in [-0.15, -0.1) is 0 Å². The minimum Gasteiger partial charge on any atom is -0.480 e. The molecule has 1 fully saturated rings. The summed E-state index contributed by atoms with van der Waals surface area (Å²) in [4.78, 5) is 25.0. The maximum atomic E-state index is 11.7. The van der Waals surface area contributed by atoms with Crippen molar-refractivity contribution in [3.63, 3.8) is 0 Å². The largest absolute Gasteiger partial charge is 0.480 e. The van der Waals surface area contributed by atoms with Gasteiger partial charge in [-0.2, -0.15) is 0 Å². The number of hydrogen-bond acceptors (Lipinski definition) is 6. The molecule has 7 heteroatoms. The van der Waals surface area contributed by atoms with Crippen LogP contribution in [0.1, 0.15) is 31.5 Å². The third-order valence-electron chi connectivity index (χ3n) is 4.74. The van der Waals surface area contributed by atoms with Gasteiger partial charge in [0.2, 0.25) is 0 Å². The summed E-state index contributed by atoms with van der Waals surface area (Å²) in [6.07, 6.45) is 3.06. The number of ether oxygens (including phenoxy) is 1. The smallest absolute Gasteiger partial charge is 0.320 e. The van der Waals surface area contributed by atoms with E-state index >= 15 is 0 Å². The SMILES string of the molecule is CC(C)CC(C(=O)O)N1CCc2ncnc(N3CCOCC3)c2C1. The van der Waals surface area contributed by atoms with Crippen molar-refractivity contribution >= 4 is 11.8 Å². The van der Waals surface area contributed by atoms with E-state index < -0.39 is 12.0 Å². The molecule has 1 atom stereocenters. The van der Waals surface area contributed by atoms with Crippen LogP contribution in [-0.4, -0.2) is 64.8 Å². The number of morpholine rings is 1. The number of anilines is 1. The molecule has 0 bridgehead atoms. The van der Waals surface area contributed by atoms with E-state index in [4.69, 9.17) is 4.74 Å². The van der Waals surface area contributed by atoms with E-state index in [1.54, 1.807) is 6.33 Å². The highest BCUT2D eigenvalue weighted by Gasteiger charge is 2.32. The monoisotopic (exact) mass is 334 g/mol. The van der Waals surface area contributed by atoms with Crippen molar-refractivity contribution in [3.8, 4) is 0 Å². The lowest BCUT2D eigenvalue weighted by Crippen LogP contribution is -2.46. The molecule has 1 saturated heterocycles. The molecule has 0 radical (unpaired) electrons. The van der Waals surface area contributed by atoms with Gasteiger partial charge >= 0.3 is 5.97 Å². The molecular formula is C17H26N4O3. The Bertz CT molecular complexity index is 587. The fourth-order valence-electron chi connectivity index (χ4n) is 3.51. The van der Waals surface area contributed by atoms with E-state index in [1.165, 1.54) is 0 Å². The minimum atomic E-state index is -0.739. The molecule has 3 rings (SSSR count). The lowest BCUT2D eigenvalue weighted by molar-refractivity contribution is -0.144. The summed E-state index contributed by atoms with van der Waals surface area (Å²) < 4.78 is 5.43. The molecule has 0 aromatic carbocycles. The van der Waals surface area contributed by atoms with Crippen molar-refractivity contribution in [2.75, 3.05) is 37.7 Å². The highest BCUT2D eigenvalue weighted by molar-refractivity contribution is 5.73. The first-order valence-electron chi connectivity index (χ1n) is 8.68. The second-order valence-electron chi connectivity index (χ2n) is 6.93. The normalized spacial score (nSPS) is 20.0. The molecule has 2 aliphatic rings. The summed E-state index contributed by atoms with van der Waals surface area (Å²) >= 11 is 0. The molecular weight excluding hydrogens is 308 g/mol. The minimum absolute atomic E-state index is 0.346. The van der Waals surface area contributed by atoms with Gasteiger partial charge in [-0.3, -0.25) is 9.69 Å². The average molecular weight is 334 g/mol. The summed E-state index contributed by atoms with van der Waals surface area (Å²) in [7, 11) is 0. The number of carboxylic acid groups (broad SMARTS) is 1. The molecule has 0 saturated carbocycles. The van der Waals surface area contributed by atoms with Crippen molar-refractivity contribution < 1.29 is 14.6 Å². The van der Waals surface area contributed by atoms with Crippen molar-refractivity contribution in [2.24, 2.45) is 5.92 Å². The van der Waals surface area contributed by atoms with Gasteiger partial charge < -0.3 is 14.7 Å². The number of aliphatic carboxylic acids is 1. The Labute approximate surface area is 142 Å². The second kappa shape index (κ2) is 7.44. The van der Waals surface area contributed by atoms with Gasteiger partial charge in [0.25, 0.3) is 0 Å². The van der Waals surface area contributed by atoms with Crippen LogP contribution in [0.5, 0.6) is 0 Å². The molecule has 2 aliphatic heterocycles. The quantitative estimate of drug-likeness (QED) is 0.866. The van der Waals surface area contributed by atoms with Gasteiger partial charge in [-0.25, -0.2) is 9.97 Å². The molecule has 0 amide bonds. The number of hydrogen-bond donors (Lipinski definition) is 1. The average Bonchev–Trinajstić information content (AvgIpc) is 2.59. The Hall–Kier alpha value is -1.73. The van der Waals surface area contributed by atoms with Crippen LogP contribution in [0.3, 0.4) is 0 Å². The molecule has 0 aliphatic carbocycles. The van der Waals surface area contributed by atoms with Crippen molar-refractivity contribution in [1.29, 1.82) is 0 Å².